The first kappa shape index (κ1) is 11.6. The Kier molecular flexibility index (Phi) is 3.59. The summed E-state index contributed by atoms with van der Waals surface area (Å²) in [6.07, 6.45) is 6.24. The zero-order valence-electron chi connectivity index (χ0n) is 9.65. The second-order valence-corrected chi connectivity index (χ2v) is 4.99. The lowest BCUT2D eigenvalue weighted by Gasteiger charge is -2.45. The van der Waals surface area contributed by atoms with Gasteiger partial charge in [0.15, 0.2) is 0 Å². The highest BCUT2D eigenvalue weighted by Crippen LogP contribution is 2.32. The van der Waals surface area contributed by atoms with Crippen LogP contribution in [-0.4, -0.2) is 35.2 Å². The molecular weight excluding hydrogens is 204 g/mol. The van der Waals surface area contributed by atoms with Crippen LogP contribution < -0.4 is 5.73 Å². The number of primary amides is 1. The highest BCUT2D eigenvalue weighted by atomic mass is 16.1. The molecule has 2 aliphatic heterocycles. The van der Waals surface area contributed by atoms with Crippen molar-refractivity contribution in [3.8, 4) is 0 Å². The lowest BCUT2D eigenvalue weighted by atomic mass is 9.83. The zero-order valence-corrected chi connectivity index (χ0v) is 9.65. The third-order valence-electron chi connectivity index (χ3n) is 3.78. The van der Waals surface area contributed by atoms with Crippen LogP contribution in [-0.2, 0) is 9.59 Å². The van der Waals surface area contributed by atoms with Crippen molar-refractivity contribution in [3.63, 3.8) is 0 Å². The topological polar surface area (TPSA) is 63.4 Å². The van der Waals surface area contributed by atoms with Crippen LogP contribution in [0, 0.1) is 0 Å². The minimum absolute atomic E-state index is 0.224. The van der Waals surface area contributed by atoms with Gasteiger partial charge < -0.3 is 5.73 Å². The summed E-state index contributed by atoms with van der Waals surface area (Å²) < 4.78 is 0. The monoisotopic (exact) mass is 224 g/mol. The van der Waals surface area contributed by atoms with E-state index in [1.54, 1.807) is 0 Å². The molecular formula is C12H20N2O2. The van der Waals surface area contributed by atoms with E-state index in [2.05, 4.69) is 4.90 Å². The summed E-state index contributed by atoms with van der Waals surface area (Å²) in [5.41, 5.74) is 5.13. The van der Waals surface area contributed by atoms with Crippen LogP contribution in [0.1, 0.15) is 44.9 Å². The van der Waals surface area contributed by atoms with Crippen molar-refractivity contribution in [2.45, 2.75) is 57.0 Å². The van der Waals surface area contributed by atoms with E-state index >= 15 is 0 Å². The molecule has 2 heterocycles. The van der Waals surface area contributed by atoms with E-state index in [-0.39, 0.29) is 5.91 Å². The summed E-state index contributed by atoms with van der Waals surface area (Å²) in [4.78, 5) is 24.6. The zero-order chi connectivity index (χ0) is 11.5. The molecule has 2 fully saturated rings. The Labute approximate surface area is 96.2 Å². The van der Waals surface area contributed by atoms with E-state index < -0.39 is 0 Å². The van der Waals surface area contributed by atoms with Crippen LogP contribution >= 0.6 is 0 Å². The third kappa shape index (κ3) is 2.61. The molecule has 2 saturated heterocycles. The fourth-order valence-electron chi connectivity index (χ4n) is 3.07. The number of hydrogen-bond donors (Lipinski definition) is 1. The molecule has 1 amide bonds. The van der Waals surface area contributed by atoms with Gasteiger partial charge in [-0.25, -0.2) is 0 Å². The van der Waals surface area contributed by atoms with Gasteiger partial charge in [-0.05, 0) is 25.8 Å². The number of ketones is 1. The first-order valence-electron chi connectivity index (χ1n) is 6.22. The summed E-state index contributed by atoms with van der Waals surface area (Å²) in [5.74, 6) is 0.194. The summed E-state index contributed by atoms with van der Waals surface area (Å²) in [6, 6.07) is 0.876. The van der Waals surface area contributed by atoms with Gasteiger partial charge in [0.1, 0.15) is 5.78 Å². The minimum Gasteiger partial charge on any atom is -0.370 e. The summed E-state index contributed by atoms with van der Waals surface area (Å²) in [5, 5.41) is 0. The standard InChI is InChI=1S/C12H20N2O2/c13-12(16)5-2-6-14-9-3-1-4-10(14)8-11(15)7-9/h9-10H,1-8H2,(H2,13,16). The van der Waals surface area contributed by atoms with Crippen molar-refractivity contribution < 1.29 is 9.59 Å². The molecule has 0 radical (unpaired) electrons. The number of nitrogens with zero attached hydrogens (tertiary/aromatic N) is 1. The van der Waals surface area contributed by atoms with E-state index in [9.17, 15) is 9.59 Å². The molecule has 2 unspecified atom stereocenters. The van der Waals surface area contributed by atoms with Gasteiger partial charge in [0, 0.05) is 31.3 Å². The molecule has 2 atom stereocenters. The highest BCUT2D eigenvalue weighted by Gasteiger charge is 2.36. The molecule has 0 saturated carbocycles. The highest BCUT2D eigenvalue weighted by molar-refractivity contribution is 5.80. The average Bonchev–Trinajstić information content (AvgIpc) is 2.18. The number of amides is 1. The number of hydrogen-bond acceptors (Lipinski definition) is 3. The van der Waals surface area contributed by atoms with Crippen LogP contribution in [0.3, 0.4) is 0 Å². The van der Waals surface area contributed by atoms with Crippen molar-refractivity contribution in [1.29, 1.82) is 0 Å². The maximum Gasteiger partial charge on any atom is 0.217 e. The Balaban J connectivity index is 1.88. The number of fused-ring (bicyclic) bond motifs is 2. The van der Waals surface area contributed by atoms with Crippen molar-refractivity contribution in [1.82, 2.24) is 4.90 Å². The lowest BCUT2D eigenvalue weighted by molar-refractivity contribution is -0.127. The molecule has 0 aliphatic carbocycles. The lowest BCUT2D eigenvalue weighted by Crippen LogP contribution is -2.52. The van der Waals surface area contributed by atoms with Gasteiger partial charge in [-0.2, -0.15) is 0 Å². The predicted molar refractivity (Wildman–Crippen MR) is 60.8 cm³/mol. The molecule has 4 heteroatoms. The van der Waals surface area contributed by atoms with Gasteiger partial charge in [-0.15, -0.1) is 0 Å². The maximum absolute atomic E-state index is 11.5. The first-order valence-corrected chi connectivity index (χ1v) is 6.22. The third-order valence-corrected chi connectivity index (χ3v) is 3.78. The fraction of sp³-hybridized carbons (Fsp3) is 0.833. The number of carbonyl (C=O) groups is 2. The first-order chi connectivity index (χ1) is 7.66. The largest absolute Gasteiger partial charge is 0.370 e. The smallest absolute Gasteiger partial charge is 0.217 e. The fourth-order valence-corrected chi connectivity index (χ4v) is 3.07. The second-order valence-electron chi connectivity index (χ2n) is 4.99. The van der Waals surface area contributed by atoms with Crippen LogP contribution in [0.2, 0.25) is 0 Å². The Morgan fingerprint density at radius 2 is 1.94 bits per heavy atom. The van der Waals surface area contributed by atoms with E-state index in [1.165, 1.54) is 6.42 Å². The SMILES string of the molecule is NC(=O)CCCN1C2CCCC1CC(=O)C2. The Hall–Kier alpha value is -0.900. The van der Waals surface area contributed by atoms with Crippen molar-refractivity contribution >= 4 is 11.7 Å². The molecule has 2 rings (SSSR count). The molecule has 4 nitrogen and oxygen atoms in total. The summed E-state index contributed by atoms with van der Waals surface area (Å²) in [6.45, 7) is 0.922. The van der Waals surface area contributed by atoms with Crippen molar-refractivity contribution in [3.05, 3.63) is 0 Å². The molecule has 0 aromatic carbocycles. The Morgan fingerprint density at radius 3 is 2.50 bits per heavy atom. The number of Topliss-reactive ketones (excluding diaryl/α,β-unsaturated/α-hetero) is 1. The van der Waals surface area contributed by atoms with Gasteiger partial charge in [-0.3, -0.25) is 14.5 Å². The number of piperidine rings is 2. The normalized spacial score (nSPS) is 30.4. The van der Waals surface area contributed by atoms with Crippen LogP contribution in [0.15, 0.2) is 0 Å². The molecule has 16 heavy (non-hydrogen) atoms. The number of carbonyl (C=O) groups excluding carboxylic acids is 2. The van der Waals surface area contributed by atoms with Crippen molar-refractivity contribution in [2.24, 2.45) is 5.73 Å². The predicted octanol–water partition coefficient (Wildman–Crippen LogP) is 0.838. The molecule has 0 aromatic heterocycles. The van der Waals surface area contributed by atoms with E-state index in [1.807, 2.05) is 0 Å². The molecule has 2 aliphatic rings. The number of nitrogens with two attached hydrogens (primary N) is 1. The summed E-state index contributed by atoms with van der Waals surface area (Å²) >= 11 is 0. The Morgan fingerprint density at radius 1 is 1.31 bits per heavy atom. The van der Waals surface area contributed by atoms with Gasteiger partial charge in [-0.1, -0.05) is 6.42 Å². The molecule has 90 valence electrons. The van der Waals surface area contributed by atoms with Gasteiger partial charge >= 0.3 is 0 Å². The minimum atomic E-state index is -0.224. The van der Waals surface area contributed by atoms with Crippen LogP contribution in [0.5, 0.6) is 0 Å². The summed E-state index contributed by atoms with van der Waals surface area (Å²) in [7, 11) is 0. The average molecular weight is 224 g/mol. The molecule has 2 N–H and O–H groups in total. The Bertz CT molecular complexity index is 275. The van der Waals surface area contributed by atoms with Gasteiger partial charge in [0.25, 0.3) is 0 Å². The quantitative estimate of drug-likeness (QED) is 0.769. The second kappa shape index (κ2) is 4.95. The van der Waals surface area contributed by atoms with Gasteiger partial charge in [0.05, 0.1) is 0 Å². The van der Waals surface area contributed by atoms with Gasteiger partial charge in [0.2, 0.25) is 5.91 Å². The van der Waals surface area contributed by atoms with Crippen LogP contribution in [0.25, 0.3) is 0 Å². The molecule has 0 aromatic rings. The van der Waals surface area contributed by atoms with E-state index in [0.29, 0.717) is 37.1 Å². The molecule has 0 spiro atoms. The maximum atomic E-state index is 11.5. The van der Waals surface area contributed by atoms with Crippen LogP contribution in [0.4, 0.5) is 0 Å². The molecule has 2 bridgehead atoms. The number of rotatable bonds is 4. The van der Waals surface area contributed by atoms with Crippen molar-refractivity contribution in [2.75, 3.05) is 6.54 Å². The van der Waals surface area contributed by atoms with E-state index in [0.717, 1.165) is 25.8 Å². The van der Waals surface area contributed by atoms with E-state index in [4.69, 9.17) is 5.73 Å².